The average Bonchev–Trinajstić information content (AvgIpc) is 0.708. The summed E-state index contributed by atoms with van der Waals surface area (Å²) in [6.07, 6.45) is 18.9. The summed E-state index contributed by atoms with van der Waals surface area (Å²) in [6.45, 7) is 14.9. The summed E-state index contributed by atoms with van der Waals surface area (Å²) in [4.78, 5) is 54.3. The quantitative estimate of drug-likeness (QED) is 0.0332. The van der Waals surface area contributed by atoms with E-state index in [2.05, 4.69) is 352 Å². The molecule has 0 aliphatic heterocycles. The fourth-order valence-electron chi connectivity index (χ4n) is 23.7. The Bertz CT molecular complexity index is 5440. The Balaban J connectivity index is 0.000000118. The maximum absolute atomic E-state index is 13.0. The number of hydrogen-bond donors (Lipinski definition) is 0. The van der Waals surface area contributed by atoms with Gasteiger partial charge in [-0.05, 0) is 379 Å². The van der Waals surface area contributed by atoms with Crippen LogP contribution < -0.4 is 14.2 Å². The average molecular weight is 1780 g/mol. The zero-order chi connectivity index (χ0) is 87.9. The van der Waals surface area contributed by atoms with Crippen molar-refractivity contribution in [2.75, 3.05) is 19.8 Å². The van der Waals surface area contributed by atoms with Crippen LogP contribution >= 0.6 is 0 Å². The van der Waals surface area contributed by atoms with Gasteiger partial charge in [-0.25, -0.2) is 14.4 Å². The number of carbonyl (C=O) groups is 3. The maximum atomic E-state index is 13.0. The molecule has 0 unspecified atom stereocenters. The molecule has 12 saturated carbocycles. The van der Waals surface area contributed by atoms with Crippen molar-refractivity contribution in [2.45, 2.75) is 220 Å². The first-order valence-electron chi connectivity index (χ1n) is 46.6. The van der Waals surface area contributed by atoms with E-state index in [-0.39, 0.29) is 98.1 Å². The molecule has 13 heteroatoms. The van der Waals surface area contributed by atoms with Gasteiger partial charge in [-0.15, -0.1) is 0 Å². The highest BCUT2D eigenvalue weighted by Crippen LogP contribution is 2.62. The molecule has 0 heterocycles. The van der Waals surface area contributed by atoms with Crippen molar-refractivity contribution in [3.63, 3.8) is 0 Å². The van der Waals surface area contributed by atoms with Crippen molar-refractivity contribution in [1.29, 1.82) is 0 Å². The second kappa shape index (κ2) is 39.7. The highest BCUT2D eigenvalue weighted by Gasteiger charge is 2.60. The third-order valence-corrected chi connectivity index (χ3v) is 38.6. The van der Waals surface area contributed by atoms with Crippen molar-refractivity contribution >= 4 is 61.5 Å². The number of benzene rings is 12. The molecule has 128 heavy (non-hydrogen) atoms. The zero-order valence-electron chi connectivity index (χ0n) is 75.1. The molecule has 12 fully saturated rings. The van der Waals surface area contributed by atoms with Gasteiger partial charge in [-0.3, -0.25) is 0 Å². The molecule has 0 amide bonds. The molecular weight excluding hydrogens is 1650 g/mol. The van der Waals surface area contributed by atoms with Gasteiger partial charge < -0.3 is 28.4 Å². The van der Waals surface area contributed by atoms with Crippen LogP contribution in [0.15, 0.2) is 380 Å². The number of ether oxygens (including phenoxy) is 6. The topological polar surface area (TPSA) is 107 Å². The number of esters is 3. The molecule has 656 valence electrons. The smallest absolute Gasteiger partial charge is 0.344 e. The molecule has 12 aromatic rings. The summed E-state index contributed by atoms with van der Waals surface area (Å²) in [7, 11) is -0.642. The minimum atomic E-state index is -0.318. The van der Waals surface area contributed by atoms with E-state index >= 15 is 0 Å². The molecule has 24 rings (SSSR count). The lowest BCUT2D eigenvalue weighted by Crippen LogP contribution is -2.58. The molecular formula is C115H122O9S4+4. The summed E-state index contributed by atoms with van der Waals surface area (Å²) < 4.78 is 36.6. The largest absolute Gasteiger partial charge is 0.482 e. The van der Waals surface area contributed by atoms with Crippen molar-refractivity contribution in [3.8, 4) is 17.2 Å². The lowest BCUT2D eigenvalue weighted by molar-refractivity contribution is -0.205. The molecule has 0 spiro atoms. The Morgan fingerprint density at radius 3 is 0.766 bits per heavy atom. The molecule has 0 aromatic heterocycles. The van der Waals surface area contributed by atoms with Gasteiger partial charge in [0.2, 0.25) is 0 Å². The monoisotopic (exact) mass is 1770 g/mol. The van der Waals surface area contributed by atoms with Gasteiger partial charge in [-0.1, -0.05) is 163 Å². The van der Waals surface area contributed by atoms with Crippen LogP contribution in [0.4, 0.5) is 0 Å². The Labute approximate surface area is 770 Å². The lowest BCUT2D eigenvalue weighted by Gasteiger charge is -2.59. The van der Waals surface area contributed by atoms with Crippen LogP contribution in [0.5, 0.6) is 17.2 Å². The fraction of sp³-hybridized carbons (Fsp3) is 0.348. The summed E-state index contributed by atoms with van der Waals surface area (Å²) in [6, 6.07) is 113. The van der Waals surface area contributed by atoms with E-state index in [4.69, 9.17) is 28.4 Å². The lowest BCUT2D eigenvalue weighted by atomic mass is 9.50. The number of rotatable bonds is 24. The van der Waals surface area contributed by atoms with Crippen LogP contribution in [0.3, 0.4) is 0 Å². The van der Waals surface area contributed by atoms with Gasteiger partial charge in [0.1, 0.15) is 34.1 Å². The van der Waals surface area contributed by atoms with Crippen LogP contribution in [0, 0.1) is 98.7 Å². The zero-order valence-corrected chi connectivity index (χ0v) is 78.3. The summed E-state index contributed by atoms with van der Waals surface area (Å²) in [5, 5.41) is 0. The SMILES string of the molecule is CC1(OC(=O)COc2ccc([S+](c3ccccc3)c3ccccc3)cc2)C2CC3CC(C2)CC1C3.Cc1cc(OCC(=O)OC2(C)C3CC4CC(C3)CC2C4)ccc1[S+](c1ccccc1)c1ccccc1.Cc1cc([S+](c2ccccc2)c2ccccc2)cc(C)c1OCC(=O)OC1(C)C2CC3CC(C2)CC1C3.Cc1ccc([S+](c2ccccc2)c2ccccc2)cc1. The van der Waals surface area contributed by atoms with Gasteiger partial charge >= 0.3 is 17.9 Å². The van der Waals surface area contributed by atoms with Crippen LogP contribution in [0.2, 0.25) is 0 Å². The second-order valence-corrected chi connectivity index (χ2v) is 46.2. The summed E-state index contributed by atoms with van der Waals surface area (Å²) >= 11 is 0. The first kappa shape index (κ1) is 88.5. The van der Waals surface area contributed by atoms with Crippen LogP contribution in [-0.4, -0.2) is 54.5 Å². The van der Waals surface area contributed by atoms with Crippen LogP contribution in [0.1, 0.15) is 139 Å². The second-order valence-electron chi connectivity index (χ2n) is 38.1. The van der Waals surface area contributed by atoms with Crippen molar-refractivity contribution < 1.29 is 42.8 Å². The van der Waals surface area contributed by atoms with E-state index in [0.717, 1.165) is 57.9 Å². The van der Waals surface area contributed by atoms with Crippen molar-refractivity contribution in [3.05, 3.63) is 344 Å². The van der Waals surface area contributed by atoms with Gasteiger partial charge in [0.25, 0.3) is 0 Å². The third kappa shape index (κ3) is 19.9. The van der Waals surface area contributed by atoms with Crippen LogP contribution in [0.25, 0.3) is 0 Å². The molecule has 0 atom stereocenters. The third-order valence-electron chi connectivity index (χ3n) is 29.5. The molecule has 12 aromatic carbocycles. The van der Waals surface area contributed by atoms with E-state index in [1.54, 1.807) is 0 Å². The predicted octanol–water partition coefficient (Wildman–Crippen LogP) is 26.8. The number of carbonyl (C=O) groups excluding carboxylic acids is 3. The molecule has 12 aliphatic rings. The van der Waals surface area contributed by atoms with Gasteiger partial charge in [0.15, 0.2) is 78.6 Å². The number of aryl methyl sites for hydroxylation is 4. The Morgan fingerprint density at radius 2 is 0.484 bits per heavy atom. The standard InChI is InChI=1S/C33H37O3S.C32H35O3S.C31H33O3S.C19H17S/c1-22-14-30(37(28-10-6-4-7-11-28)29-12-8-5-9-13-29)15-23(2)32(22)35-21-31(34)36-33(3)26-17-24-16-25(19-26)20-27(33)18-24;1-22-15-27(13-14-30(22)36(28-9-5-3-6-10-28)29-11-7-4-8-12-29)34-21-31(33)35-32(2)25-17-23-16-24(19-25)20-26(32)18-23;1-31(24-17-22-16-23(19-24)20-25(31)18-22)34-30(32)21-33-26-12-14-29(15-13-26)35(27-8-4-2-5-9-27)28-10-6-3-7-11-28;1-16-12-14-19(15-13-16)20(17-8-4-2-5-9-17)18-10-6-3-7-11-18/h4-15,24-27H,16-21H2,1-3H3;3-15,23-26H,16-21H2,1-2H3;2-15,22-25H,16-21H2,1H3;2-15H,1H3/q4*+1. The van der Waals surface area contributed by atoms with E-state index in [9.17, 15) is 14.4 Å². The maximum Gasteiger partial charge on any atom is 0.344 e. The van der Waals surface area contributed by atoms with Crippen molar-refractivity contribution in [1.82, 2.24) is 0 Å². The van der Waals surface area contributed by atoms with Crippen LogP contribution in [-0.2, 0) is 72.2 Å². The molecule has 12 bridgehead atoms. The van der Waals surface area contributed by atoms with Crippen molar-refractivity contribution in [2.24, 2.45) is 71.0 Å². The van der Waals surface area contributed by atoms with Gasteiger partial charge in [0, 0.05) is 17.7 Å². The highest BCUT2D eigenvalue weighted by molar-refractivity contribution is 7.98. The first-order chi connectivity index (χ1) is 62.3. The van der Waals surface area contributed by atoms with E-state index in [1.807, 2.05) is 18.2 Å². The Kier molecular flexibility index (Phi) is 27.4. The minimum absolute atomic E-state index is 0.0229. The van der Waals surface area contributed by atoms with Gasteiger partial charge in [0.05, 0.1) is 43.6 Å². The van der Waals surface area contributed by atoms with E-state index < -0.39 is 0 Å². The molecule has 0 radical (unpaired) electrons. The summed E-state index contributed by atoms with van der Waals surface area (Å²) in [5.74, 6) is 9.76. The molecule has 12 aliphatic carbocycles. The summed E-state index contributed by atoms with van der Waals surface area (Å²) in [5.41, 5.74) is 3.62. The Hall–Kier alpha value is -10.2. The molecule has 0 saturated heterocycles. The van der Waals surface area contributed by atoms with E-state index in [1.165, 1.54) is 161 Å². The normalized spacial score (nSPS) is 25.6. The highest BCUT2D eigenvalue weighted by atomic mass is 32.2. The van der Waals surface area contributed by atoms with E-state index in [0.29, 0.717) is 47.0 Å². The minimum Gasteiger partial charge on any atom is -0.482 e. The molecule has 0 N–H and O–H groups in total. The molecule has 9 nitrogen and oxygen atoms in total. The predicted molar refractivity (Wildman–Crippen MR) is 516 cm³/mol. The fourth-order valence-corrected chi connectivity index (χ4v) is 32.4. The van der Waals surface area contributed by atoms with Gasteiger partial charge in [-0.2, -0.15) is 0 Å². The Morgan fingerprint density at radius 1 is 0.250 bits per heavy atom. The first-order valence-corrected chi connectivity index (χ1v) is 51.5. The number of hydrogen-bond acceptors (Lipinski definition) is 9.